The summed E-state index contributed by atoms with van der Waals surface area (Å²) in [7, 11) is 3.55. The van der Waals surface area contributed by atoms with Gasteiger partial charge in [0.05, 0.1) is 5.56 Å². The molecule has 2 aromatic rings. The molecule has 2 aromatic carbocycles. The van der Waals surface area contributed by atoms with Crippen LogP contribution >= 0.6 is 15.9 Å². The van der Waals surface area contributed by atoms with E-state index in [4.69, 9.17) is 4.74 Å². The van der Waals surface area contributed by atoms with Gasteiger partial charge in [-0.05, 0) is 43.2 Å². The smallest absolute Gasteiger partial charge is 0.257 e. The minimum Gasteiger partial charge on any atom is -0.456 e. The van der Waals surface area contributed by atoms with E-state index in [1.165, 1.54) is 0 Å². The Morgan fingerprint density at radius 1 is 1.07 bits per heavy atom. The van der Waals surface area contributed by atoms with Crippen molar-refractivity contribution in [3.05, 3.63) is 58.6 Å². The van der Waals surface area contributed by atoms with Crippen LogP contribution in [0.3, 0.4) is 0 Å². The van der Waals surface area contributed by atoms with Gasteiger partial charge >= 0.3 is 0 Å². The van der Waals surface area contributed by atoms with Gasteiger partial charge in [0.2, 0.25) is 5.91 Å². The number of likely N-dealkylation sites (tertiary alicyclic amines) is 1. The fourth-order valence-electron chi connectivity index (χ4n) is 3.25. The maximum absolute atomic E-state index is 13.0. The predicted octanol–water partition coefficient (Wildman–Crippen LogP) is 4.18. The molecule has 27 heavy (non-hydrogen) atoms. The molecule has 1 fully saturated rings. The van der Waals surface area contributed by atoms with Gasteiger partial charge in [-0.25, -0.2) is 0 Å². The molecule has 142 valence electrons. The molecule has 6 heteroatoms. The number of amides is 2. The van der Waals surface area contributed by atoms with Gasteiger partial charge in [0, 0.05) is 37.6 Å². The highest BCUT2D eigenvalue weighted by Gasteiger charge is 2.29. The Labute approximate surface area is 168 Å². The zero-order chi connectivity index (χ0) is 19.4. The average Bonchev–Trinajstić information content (AvgIpc) is 2.67. The summed E-state index contributed by atoms with van der Waals surface area (Å²) in [6.45, 7) is 1.16. The number of rotatable bonds is 4. The minimum absolute atomic E-state index is 0.00258. The fraction of sp³-hybridized carbons (Fsp3) is 0.333. The van der Waals surface area contributed by atoms with Gasteiger partial charge in [-0.2, -0.15) is 0 Å². The third-order valence-corrected chi connectivity index (χ3v) is 5.21. The van der Waals surface area contributed by atoms with Crippen LogP contribution in [-0.2, 0) is 4.79 Å². The summed E-state index contributed by atoms with van der Waals surface area (Å²) in [5.74, 6) is 1.28. The van der Waals surface area contributed by atoms with Crippen molar-refractivity contribution in [3.63, 3.8) is 0 Å². The lowest BCUT2D eigenvalue weighted by Gasteiger charge is -2.32. The summed E-state index contributed by atoms with van der Waals surface area (Å²) < 4.78 is 6.87. The molecule has 0 saturated carbocycles. The molecule has 2 amide bonds. The lowest BCUT2D eigenvalue weighted by atomic mass is 9.95. The SMILES string of the molecule is CN(C)C(=O)C1CCN(C(=O)c2ccccc2Oc2cccc(Br)c2)CC1. The highest BCUT2D eigenvalue weighted by atomic mass is 79.9. The number of halogens is 1. The Morgan fingerprint density at radius 2 is 1.78 bits per heavy atom. The van der Waals surface area contributed by atoms with Crippen molar-refractivity contribution in [2.45, 2.75) is 12.8 Å². The second kappa shape index (κ2) is 8.57. The van der Waals surface area contributed by atoms with E-state index in [-0.39, 0.29) is 17.7 Å². The summed E-state index contributed by atoms with van der Waals surface area (Å²) in [5, 5.41) is 0. The summed E-state index contributed by atoms with van der Waals surface area (Å²) in [5.41, 5.74) is 0.537. The lowest BCUT2D eigenvalue weighted by Crippen LogP contribution is -2.42. The molecule has 0 aliphatic carbocycles. The summed E-state index contributed by atoms with van der Waals surface area (Å²) in [4.78, 5) is 28.6. The van der Waals surface area contributed by atoms with Gasteiger partial charge in [-0.3, -0.25) is 9.59 Å². The monoisotopic (exact) mass is 430 g/mol. The maximum atomic E-state index is 13.0. The van der Waals surface area contributed by atoms with E-state index in [0.29, 0.717) is 43.0 Å². The van der Waals surface area contributed by atoms with E-state index in [1.807, 2.05) is 41.3 Å². The number of benzene rings is 2. The van der Waals surface area contributed by atoms with Gasteiger partial charge in [0.1, 0.15) is 11.5 Å². The lowest BCUT2D eigenvalue weighted by molar-refractivity contribution is -0.134. The molecule has 1 saturated heterocycles. The number of piperidine rings is 1. The van der Waals surface area contributed by atoms with Crippen LogP contribution in [0.2, 0.25) is 0 Å². The highest BCUT2D eigenvalue weighted by molar-refractivity contribution is 9.10. The molecule has 1 aliphatic rings. The molecule has 5 nitrogen and oxygen atoms in total. The van der Waals surface area contributed by atoms with Crippen LogP contribution in [0.4, 0.5) is 0 Å². The Morgan fingerprint density at radius 3 is 2.44 bits per heavy atom. The van der Waals surface area contributed by atoms with E-state index >= 15 is 0 Å². The second-order valence-electron chi connectivity index (χ2n) is 6.85. The van der Waals surface area contributed by atoms with E-state index < -0.39 is 0 Å². The van der Waals surface area contributed by atoms with Crippen molar-refractivity contribution in [1.82, 2.24) is 9.80 Å². The molecule has 0 unspecified atom stereocenters. The second-order valence-corrected chi connectivity index (χ2v) is 7.77. The van der Waals surface area contributed by atoms with E-state index in [0.717, 1.165) is 4.47 Å². The molecule has 1 aliphatic heterocycles. The van der Waals surface area contributed by atoms with Crippen LogP contribution in [0.15, 0.2) is 53.0 Å². The number of hydrogen-bond donors (Lipinski definition) is 0. The fourth-order valence-corrected chi connectivity index (χ4v) is 3.63. The highest BCUT2D eigenvalue weighted by Crippen LogP contribution is 2.29. The molecule has 0 bridgehead atoms. The Balaban J connectivity index is 1.72. The largest absolute Gasteiger partial charge is 0.456 e. The van der Waals surface area contributed by atoms with Crippen molar-refractivity contribution in [1.29, 1.82) is 0 Å². The molecular weight excluding hydrogens is 408 g/mol. The third kappa shape index (κ3) is 4.69. The molecule has 3 rings (SSSR count). The first-order valence-electron chi connectivity index (χ1n) is 8.98. The van der Waals surface area contributed by atoms with Crippen LogP contribution in [0, 0.1) is 5.92 Å². The van der Waals surface area contributed by atoms with Crippen molar-refractivity contribution in [2.24, 2.45) is 5.92 Å². The van der Waals surface area contributed by atoms with Crippen LogP contribution in [0.1, 0.15) is 23.2 Å². The normalized spacial score (nSPS) is 14.7. The zero-order valence-electron chi connectivity index (χ0n) is 15.5. The van der Waals surface area contributed by atoms with Crippen LogP contribution in [0.5, 0.6) is 11.5 Å². The zero-order valence-corrected chi connectivity index (χ0v) is 17.1. The summed E-state index contributed by atoms with van der Waals surface area (Å²) in [6.07, 6.45) is 1.38. The Hall–Kier alpha value is -2.34. The van der Waals surface area contributed by atoms with Crippen LogP contribution < -0.4 is 4.74 Å². The number of hydrogen-bond acceptors (Lipinski definition) is 3. The van der Waals surface area contributed by atoms with Gasteiger partial charge in [0.25, 0.3) is 5.91 Å². The number of para-hydroxylation sites is 1. The molecular formula is C21H23BrN2O3. The molecule has 1 heterocycles. The van der Waals surface area contributed by atoms with Crippen molar-refractivity contribution in [3.8, 4) is 11.5 Å². The Bertz CT molecular complexity index is 830. The van der Waals surface area contributed by atoms with Crippen LogP contribution in [-0.4, -0.2) is 48.8 Å². The summed E-state index contributed by atoms with van der Waals surface area (Å²) in [6, 6.07) is 14.8. The molecule has 0 atom stereocenters. The van der Waals surface area contributed by atoms with Crippen molar-refractivity contribution >= 4 is 27.7 Å². The van der Waals surface area contributed by atoms with Crippen LogP contribution in [0.25, 0.3) is 0 Å². The third-order valence-electron chi connectivity index (χ3n) is 4.71. The number of carbonyl (C=O) groups excluding carboxylic acids is 2. The molecule has 0 radical (unpaired) electrons. The first-order valence-corrected chi connectivity index (χ1v) is 9.78. The van der Waals surface area contributed by atoms with E-state index in [1.54, 1.807) is 31.1 Å². The van der Waals surface area contributed by atoms with E-state index in [2.05, 4.69) is 15.9 Å². The topological polar surface area (TPSA) is 49.9 Å². The minimum atomic E-state index is -0.0589. The number of nitrogens with zero attached hydrogens (tertiary/aromatic N) is 2. The van der Waals surface area contributed by atoms with Crippen molar-refractivity contribution < 1.29 is 14.3 Å². The standard InChI is InChI=1S/C21H23BrN2O3/c1-23(2)20(25)15-10-12-24(13-11-15)21(26)18-8-3-4-9-19(18)27-17-7-5-6-16(22)14-17/h3-9,14-15H,10-13H2,1-2H3. The molecule has 0 N–H and O–H groups in total. The average molecular weight is 431 g/mol. The quantitative estimate of drug-likeness (QED) is 0.730. The van der Waals surface area contributed by atoms with Gasteiger partial charge in [-0.1, -0.05) is 34.1 Å². The Kier molecular flexibility index (Phi) is 6.16. The number of ether oxygens (including phenoxy) is 1. The van der Waals surface area contributed by atoms with Gasteiger partial charge in [-0.15, -0.1) is 0 Å². The predicted molar refractivity (Wildman–Crippen MR) is 108 cm³/mol. The molecule has 0 aromatic heterocycles. The maximum Gasteiger partial charge on any atom is 0.257 e. The van der Waals surface area contributed by atoms with E-state index in [9.17, 15) is 9.59 Å². The number of carbonyl (C=O) groups is 2. The first-order chi connectivity index (χ1) is 13.0. The van der Waals surface area contributed by atoms with Gasteiger partial charge in [0.15, 0.2) is 0 Å². The summed E-state index contributed by atoms with van der Waals surface area (Å²) >= 11 is 3.43. The van der Waals surface area contributed by atoms with Crippen molar-refractivity contribution in [2.75, 3.05) is 27.2 Å². The van der Waals surface area contributed by atoms with Gasteiger partial charge < -0.3 is 14.5 Å². The molecule has 0 spiro atoms. The first kappa shape index (κ1) is 19.4.